The maximum atomic E-state index is 13.6. The monoisotopic (exact) mass is 428 g/mol. The standard InChI is InChI=1S/C29H23F3/c1-3-8-19(2)23-10-6-7-12-25(23)28-22(16-15-21-9-4-5-11-24(21)28)14-13-20-17-26(30)29(32)27(31)18-20/h4-7,9-12,15-19H,3,8H2,1-2H3. The Bertz CT molecular complexity index is 1320. The van der Waals surface area contributed by atoms with Crippen LogP contribution >= 0.6 is 0 Å². The molecule has 3 heteroatoms. The summed E-state index contributed by atoms with van der Waals surface area (Å²) in [6, 6.07) is 22.2. The maximum Gasteiger partial charge on any atom is 0.194 e. The fourth-order valence-corrected chi connectivity index (χ4v) is 4.18. The second-order valence-corrected chi connectivity index (χ2v) is 7.99. The molecule has 0 N–H and O–H groups in total. The van der Waals surface area contributed by atoms with Crippen molar-refractivity contribution in [3.05, 3.63) is 107 Å². The zero-order chi connectivity index (χ0) is 22.7. The highest BCUT2D eigenvalue weighted by molar-refractivity contribution is 6.00. The lowest BCUT2D eigenvalue weighted by atomic mass is 9.85. The number of rotatable bonds is 4. The molecule has 1 unspecified atom stereocenters. The summed E-state index contributed by atoms with van der Waals surface area (Å²) in [5.74, 6) is 2.31. The van der Waals surface area contributed by atoms with E-state index in [0.29, 0.717) is 5.92 Å². The molecule has 0 aliphatic rings. The third-order valence-corrected chi connectivity index (χ3v) is 5.74. The van der Waals surface area contributed by atoms with Crippen molar-refractivity contribution in [2.24, 2.45) is 0 Å². The lowest BCUT2D eigenvalue weighted by Crippen LogP contribution is -1.98. The van der Waals surface area contributed by atoms with E-state index in [1.807, 2.05) is 36.4 Å². The fraction of sp³-hybridized carbons (Fsp3) is 0.172. The van der Waals surface area contributed by atoms with Crippen LogP contribution in [0.2, 0.25) is 0 Å². The van der Waals surface area contributed by atoms with Crippen molar-refractivity contribution >= 4 is 10.8 Å². The van der Waals surface area contributed by atoms with Crippen LogP contribution in [0.4, 0.5) is 13.2 Å². The van der Waals surface area contributed by atoms with Gasteiger partial charge in [0.25, 0.3) is 0 Å². The average Bonchev–Trinajstić information content (AvgIpc) is 2.80. The van der Waals surface area contributed by atoms with E-state index in [2.05, 4.69) is 50.0 Å². The van der Waals surface area contributed by atoms with E-state index < -0.39 is 17.5 Å². The molecule has 4 aromatic carbocycles. The molecule has 4 rings (SSSR count). The molecule has 1 atom stereocenters. The lowest BCUT2D eigenvalue weighted by Gasteiger charge is -2.18. The molecule has 0 nitrogen and oxygen atoms in total. The second-order valence-electron chi connectivity index (χ2n) is 7.99. The number of halogens is 3. The molecular formula is C29H23F3. The topological polar surface area (TPSA) is 0 Å². The van der Waals surface area contributed by atoms with Crippen molar-refractivity contribution in [1.29, 1.82) is 0 Å². The quantitative estimate of drug-likeness (QED) is 0.227. The number of benzene rings is 4. The van der Waals surface area contributed by atoms with Crippen LogP contribution in [0.1, 0.15) is 49.3 Å². The normalized spacial score (nSPS) is 11.8. The number of hydrogen-bond acceptors (Lipinski definition) is 0. The molecule has 4 aromatic rings. The Hall–Kier alpha value is -3.51. The van der Waals surface area contributed by atoms with Gasteiger partial charge in [0, 0.05) is 16.7 Å². The summed E-state index contributed by atoms with van der Waals surface area (Å²) in [7, 11) is 0. The average molecular weight is 428 g/mol. The Balaban J connectivity index is 1.94. The molecule has 0 aliphatic heterocycles. The molecule has 0 spiro atoms. The Labute approximate surface area is 186 Å². The van der Waals surface area contributed by atoms with Gasteiger partial charge in [-0.3, -0.25) is 0 Å². The Morgan fingerprint density at radius 2 is 1.50 bits per heavy atom. The molecule has 0 saturated carbocycles. The van der Waals surface area contributed by atoms with E-state index in [-0.39, 0.29) is 5.56 Å². The highest BCUT2D eigenvalue weighted by Crippen LogP contribution is 2.37. The van der Waals surface area contributed by atoms with Gasteiger partial charge in [-0.2, -0.15) is 0 Å². The molecule has 0 aromatic heterocycles. The molecule has 160 valence electrons. The van der Waals surface area contributed by atoms with Gasteiger partial charge < -0.3 is 0 Å². The highest BCUT2D eigenvalue weighted by atomic mass is 19.2. The van der Waals surface area contributed by atoms with Gasteiger partial charge in [0.15, 0.2) is 17.5 Å². The van der Waals surface area contributed by atoms with Crippen LogP contribution in [-0.2, 0) is 0 Å². The van der Waals surface area contributed by atoms with E-state index >= 15 is 0 Å². The lowest BCUT2D eigenvalue weighted by molar-refractivity contribution is 0.446. The summed E-state index contributed by atoms with van der Waals surface area (Å²) in [4.78, 5) is 0. The minimum atomic E-state index is -1.49. The molecule has 0 bridgehead atoms. The van der Waals surface area contributed by atoms with Crippen molar-refractivity contribution < 1.29 is 13.2 Å². The SMILES string of the molecule is CCCC(C)c1ccccc1-c1c(C#Cc2cc(F)c(F)c(F)c2)ccc2ccccc12. The summed E-state index contributed by atoms with van der Waals surface area (Å²) < 4.78 is 40.6. The predicted molar refractivity (Wildman–Crippen MR) is 125 cm³/mol. The highest BCUT2D eigenvalue weighted by Gasteiger charge is 2.16. The minimum absolute atomic E-state index is 0.0909. The van der Waals surface area contributed by atoms with Crippen molar-refractivity contribution in [2.45, 2.75) is 32.6 Å². The third kappa shape index (κ3) is 4.27. The maximum absolute atomic E-state index is 13.6. The van der Waals surface area contributed by atoms with Gasteiger partial charge in [0.05, 0.1) is 0 Å². The van der Waals surface area contributed by atoms with Gasteiger partial charge in [0.2, 0.25) is 0 Å². The van der Waals surface area contributed by atoms with Gasteiger partial charge in [-0.1, -0.05) is 86.7 Å². The second kappa shape index (κ2) is 9.32. The van der Waals surface area contributed by atoms with Gasteiger partial charge >= 0.3 is 0 Å². The third-order valence-electron chi connectivity index (χ3n) is 5.74. The Kier molecular flexibility index (Phi) is 6.32. The summed E-state index contributed by atoms with van der Waals surface area (Å²) >= 11 is 0. The van der Waals surface area contributed by atoms with E-state index in [1.165, 1.54) is 5.56 Å². The first-order chi connectivity index (χ1) is 15.5. The zero-order valence-corrected chi connectivity index (χ0v) is 18.1. The first-order valence-corrected chi connectivity index (χ1v) is 10.8. The molecular weight excluding hydrogens is 405 g/mol. The molecule has 0 radical (unpaired) electrons. The van der Waals surface area contributed by atoms with Gasteiger partial charge in [-0.15, -0.1) is 0 Å². The van der Waals surface area contributed by atoms with Crippen LogP contribution in [0.25, 0.3) is 21.9 Å². The molecule has 0 amide bonds. The number of hydrogen-bond donors (Lipinski definition) is 0. The largest absolute Gasteiger partial charge is 0.204 e. The fourth-order valence-electron chi connectivity index (χ4n) is 4.18. The minimum Gasteiger partial charge on any atom is -0.204 e. The Morgan fingerprint density at radius 3 is 2.25 bits per heavy atom. The van der Waals surface area contributed by atoms with Crippen LogP contribution in [0, 0.1) is 29.3 Å². The van der Waals surface area contributed by atoms with E-state index in [1.54, 1.807) is 0 Å². The van der Waals surface area contributed by atoms with Crippen LogP contribution in [0.3, 0.4) is 0 Å². The predicted octanol–water partition coefficient (Wildman–Crippen LogP) is 8.23. The summed E-state index contributed by atoms with van der Waals surface area (Å²) in [5, 5.41) is 2.15. The summed E-state index contributed by atoms with van der Waals surface area (Å²) in [5.41, 5.74) is 4.19. The van der Waals surface area contributed by atoms with Crippen molar-refractivity contribution in [2.75, 3.05) is 0 Å². The summed E-state index contributed by atoms with van der Waals surface area (Å²) in [6.45, 7) is 4.40. The molecule has 0 aliphatic carbocycles. The van der Waals surface area contributed by atoms with E-state index in [0.717, 1.165) is 52.4 Å². The van der Waals surface area contributed by atoms with Crippen LogP contribution in [-0.4, -0.2) is 0 Å². The van der Waals surface area contributed by atoms with E-state index in [4.69, 9.17) is 0 Å². The van der Waals surface area contributed by atoms with E-state index in [9.17, 15) is 13.2 Å². The molecule has 0 fully saturated rings. The van der Waals surface area contributed by atoms with Crippen molar-refractivity contribution in [1.82, 2.24) is 0 Å². The van der Waals surface area contributed by atoms with Crippen molar-refractivity contribution in [3.8, 4) is 23.0 Å². The summed E-state index contributed by atoms with van der Waals surface area (Å²) in [6.07, 6.45) is 2.15. The van der Waals surface area contributed by atoms with Crippen molar-refractivity contribution in [3.63, 3.8) is 0 Å². The van der Waals surface area contributed by atoms with Gasteiger partial charge in [0.1, 0.15) is 0 Å². The zero-order valence-electron chi connectivity index (χ0n) is 18.1. The van der Waals surface area contributed by atoms with Crippen LogP contribution < -0.4 is 0 Å². The first kappa shape index (κ1) is 21.7. The van der Waals surface area contributed by atoms with Gasteiger partial charge in [-0.05, 0) is 52.4 Å². The smallest absolute Gasteiger partial charge is 0.194 e. The molecule has 0 heterocycles. The van der Waals surface area contributed by atoms with Crippen LogP contribution in [0.5, 0.6) is 0 Å². The number of fused-ring (bicyclic) bond motifs is 1. The van der Waals surface area contributed by atoms with Gasteiger partial charge in [-0.25, -0.2) is 13.2 Å². The Morgan fingerprint density at radius 1 is 0.812 bits per heavy atom. The molecule has 0 saturated heterocycles. The first-order valence-electron chi connectivity index (χ1n) is 10.8. The van der Waals surface area contributed by atoms with Crippen LogP contribution in [0.15, 0.2) is 72.8 Å². The molecule has 32 heavy (non-hydrogen) atoms.